The van der Waals surface area contributed by atoms with Crippen LogP contribution in [-0.2, 0) is 0 Å². The molecular formula is C22H20N4. The summed E-state index contributed by atoms with van der Waals surface area (Å²) in [5.74, 6) is 0. The topological polar surface area (TPSA) is 43.6 Å². The highest BCUT2D eigenvalue weighted by Crippen LogP contribution is 2.33. The summed E-state index contributed by atoms with van der Waals surface area (Å²) in [6.07, 6.45) is 3.45. The quantitative estimate of drug-likeness (QED) is 0.517. The second-order valence-electron chi connectivity index (χ2n) is 6.53. The molecular weight excluding hydrogens is 320 g/mol. The van der Waals surface area contributed by atoms with Crippen LogP contribution in [0.25, 0.3) is 28.0 Å². The molecule has 0 bridgehead atoms. The van der Waals surface area contributed by atoms with Crippen molar-refractivity contribution in [2.45, 2.75) is 19.9 Å². The summed E-state index contributed by atoms with van der Waals surface area (Å²) in [6, 6.07) is 18.7. The van der Waals surface area contributed by atoms with E-state index in [9.17, 15) is 0 Å². The predicted molar refractivity (Wildman–Crippen MR) is 106 cm³/mol. The van der Waals surface area contributed by atoms with Crippen molar-refractivity contribution in [2.75, 3.05) is 0 Å². The van der Waals surface area contributed by atoms with Crippen LogP contribution >= 0.6 is 0 Å². The molecule has 2 heterocycles. The van der Waals surface area contributed by atoms with E-state index in [1.165, 1.54) is 0 Å². The molecule has 0 aliphatic heterocycles. The van der Waals surface area contributed by atoms with Crippen LogP contribution in [-0.4, -0.2) is 19.5 Å². The number of fused-ring (bicyclic) bond motifs is 1. The van der Waals surface area contributed by atoms with Crippen molar-refractivity contribution in [3.8, 4) is 11.3 Å². The van der Waals surface area contributed by atoms with Crippen LogP contribution in [0.5, 0.6) is 0 Å². The molecule has 0 unspecified atom stereocenters. The van der Waals surface area contributed by atoms with Crippen LogP contribution in [0.2, 0.25) is 0 Å². The monoisotopic (exact) mass is 340 g/mol. The summed E-state index contributed by atoms with van der Waals surface area (Å²) in [4.78, 5) is 13.6. The van der Waals surface area contributed by atoms with E-state index in [2.05, 4.69) is 64.2 Å². The Hall–Kier alpha value is -3.27. The fourth-order valence-electron chi connectivity index (χ4n) is 3.17. The van der Waals surface area contributed by atoms with E-state index in [-0.39, 0.29) is 6.04 Å². The van der Waals surface area contributed by atoms with Crippen molar-refractivity contribution < 1.29 is 0 Å². The van der Waals surface area contributed by atoms with E-state index in [4.69, 9.17) is 0 Å². The number of nitrogens with zero attached hydrogens (tertiary/aromatic N) is 4. The largest absolute Gasteiger partial charge is 0.313 e. The highest BCUT2D eigenvalue weighted by atomic mass is 15.1. The van der Waals surface area contributed by atoms with Crippen molar-refractivity contribution in [3.05, 3.63) is 85.0 Å². The van der Waals surface area contributed by atoms with Gasteiger partial charge in [0.15, 0.2) is 5.65 Å². The van der Waals surface area contributed by atoms with Crippen molar-refractivity contribution in [2.24, 2.45) is 0 Å². The summed E-state index contributed by atoms with van der Waals surface area (Å²) < 4.78 is 2.06. The van der Waals surface area contributed by atoms with Gasteiger partial charge in [-0.3, -0.25) is 0 Å². The van der Waals surface area contributed by atoms with Gasteiger partial charge in [0.25, 0.3) is 0 Å². The summed E-state index contributed by atoms with van der Waals surface area (Å²) >= 11 is 0. The maximum absolute atomic E-state index is 4.60. The molecule has 0 saturated carbocycles. The third kappa shape index (κ3) is 2.69. The van der Waals surface area contributed by atoms with Crippen molar-refractivity contribution in [1.82, 2.24) is 19.5 Å². The van der Waals surface area contributed by atoms with Gasteiger partial charge in [-0.2, -0.15) is 0 Å². The van der Waals surface area contributed by atoms with Gasteiger partial charge < -0.3 is 4.57 Å². The first-order chi connectivity index (χ1) is 12.7. The van der Waals surface area contributed by atoms with Crippen molar-refractivity contribution >= 4 is 16.7 Å². The molecule has 0 radical (unpaired) electrons. The standard InChI is InChI=1S/C22H20N4/c1-15(2)26-14-25-21-20(23-13-24-22(21)26)19-12-8-7-11-18(19)16(3)17-9-5-4-6-10-17/h4-15H,3H2,1-2H3. The number of rotatable bonds is 4. The molecule has 0 fully saturated rings. The van der Waals surface area contributed by atoms with Crippen LogP contribution in [0.15, 0.2) is 73.8 Å². The molecule has 0 N–H and O–H groups in total. The molecule has 0 aliphatic carbocycles. The van der Waals surface area contributed by atoms with Crippen LogP contribution in [0.4, 0.5) is 0 Å². The first-order valence-corrected chi connectivity index (χ1v) is 8.68. The third-order valence-corrected chi connectivity index (χ3v) is 4.54. The van der Waals surface area contributed by atoms with Crippen LogP contribution in [0, 0.1) is 0 Å². The summed E-state index contributed by atoms with van der Waals surface area (Å²) in [7, 11) is 0. The zero-order valence-corrected chi connectivity index (χ0v) is 14.9. The molecule has 0 saturated heterocycles. The van der Waals surface area contributed by atoms with E-state index in [1.54, 1.807) is 6.33 Å². The van der Waals surface area contributed by atoms with Gasteiger partial charge in [0, 0.05) is 11.6 Å². The Morgan fingerprint density at radius 2 is 1.65 bits per heavy atom. The Morgan fingerprint density at radius 3 is 2.42 bits per heavy atom. The molecule has 0 aliphatic rings. The molecule has 4 aromatic rings. The first-order valence-electron chi connectivity index (χ1n) is 8.68. The molecule has 0 spiro atoms. The maximum Gasteiger partial charge on any atom is 0.164 e. The number of hydrogen-bond acceptors (Lipinski definition) is 3. The number of imidazole rings is 1. The lowest BCUT2D eigenvalue weighted by Gasteiger charge is -2.13. The van der Waals surface area contributed by atoms with Crippen LogP contribution < -0.4 is 0 Å². The average Bonchev–Trinajstić information content (AvgIpc) is 3.12. The highest BCUT2D eigenvalue weighted by Gasteiger charge is 2.17. The minimum atomic E-state index is 0.289. The summed E-state index contributed by atoms with van der Waals surface area (Å²) in [6.45, 7) is 8.56. The van der Waals surface area contributed by atoms with E-state index in [0.29, 0.717) is 0 Å². The van der Waals surface area contributed by atoms with Gasteiger partial charge in [0.05, 0.1) is 6.33 Å². The second-order valence-corrected chi connectivity index (χ2v) is 6.53. The molecule has 0 amide bonds. The molecule has 0 atom stereocenters. The fraction of sp³-hybridized carbons (Fsp3) is 0.136. The van der Waals surface area contributed by atoms with Crippen molar-refractivity contribution in [3.63, 3.8) is 0 Å². The lowest BCUT2D eigenvalue weighted by molar-refractivity contribution is 0.612. The van der Waals surface area contributed by atoms with E-state index in [1.807, 2.05) is 36.7 Å². The summed E-state index contributed by atoms with van der Waals surface area (Å²) in [5.41, 5.74) is 6.64. The van der Waals surface area contributed by atoms with E-state index in [0.717, 1.165) is 39.1 Å². The van der Waals surface area contributed by atoms with Crippen LogP contribution in [0.1, 0.15) is 31.0 Å². The molecule has 2 aromatic heterocycles. The SMILES string of the molecule is C=C(c1ccccc1)c1ccccc1-c1ncnc2c1ncn2C(C)C. The number of benzene rings is 2. The van der Waals surface area contributed by atoms with Crippen LogP contribution in [0.3, 0.4) is 0 Å². The lowest BCUT2D eigenvalue weighted by Crippen LogP contribution is -2.00. The van der Waals surface area contributed by atoms with Crippen molar-refractivity contribution in [1.29, 1.82) is 0 Å². The minimum absolute atomic E-state index is 0.289. The second kappa shape index (κ2) is 6.56. The van der Waals surface area contributed by atoms with E-state index < -0.39 is 0 Å². The highest BCUT2D eigenvalue weighted by molar-refractivity contribution is 5.94. The number of aromatic nitrogens is 4. The first kappa shape index (κ1) is 16.2. The molecule has 128 valence electrons. The Balaban J connectivity index is 1.90. The fourth-order valence-corrected chi connectivity index (χ4v) is 3.17. The predicted octanol–water partition coefficient (Wildman–Crippen LogP) is 5.14. The van der Waals surface area contributed by atoms with Gasteiger partial charge in [0.1, 0.15) is 17.5 Å². The van der Waals surface area contributed by atoms with Gasteiger partial charge in [-0.05, 0) is 30.5 Å². The Labute approximate surface area is 152 Å². The van der Waals surface area contributed by atoms with Gasteiger partial charge >= 0.3 is 0 Å². The van der Waals surface area contributed by atoms with Gasteiger partial charge in [-0.1, -0.05) is 61.2 Å². The third-order valence-electron chi connectivity index (χ3n) is 4.54. The van der Waals surface area contributed by atoms with E-state index >= 15 is 0 Å². The maximum atomic E-state index is 4.60. The lowest BCUT2D eigenvalue weighted by atomic mass is 9.93. The molecule has 26 heavy (non-hydrogen) atoms. The summed E-state index contributed by atoms with van der Waals surface area (Å²) in [5, 5.41) is 0. The smallest absolute Gasteiger partial charge is 0.164 e. The zero-order chi connectivity index (χ0) is 18.1. The number of hydrogen-bond donors (Lipinski definition) is 0. The normalized spacial score (nSPS) is 11.2. The molecule has 4 rings (SSSR count). The average molecular weight is 340 g/mol. The minimum Gasteiger partial charge on any atom is -0.313 e. The Kier molecular flexibility index (Phi) is 4.09. The molecule has 4 heteroatoms. The van der Waals surface area contributed by atoms with Gasteiger partial charge in [-0.25, -0.2) is 15.0 Å². The Bertz CT molecular complexity index is 1080. The van der Waals surface area contributed by atoms with Gasteiger partial charge in [-0.15, -0.1) is 0 Å². The Morgan fingerprint density at radius 1 is 0.923 bits per heavy atom. The van der Waals surface area contributed by atoms with Gasteiger partial charge in [0.2, 0.25) is 0 Å². The zero-order valence-electron chi connectivity index (χ0n) is 14.9. The molecule has 4 nitrogen and oxygen atoms in total. The molecule has 2 aromatic carbocycles.